The van der Waals surface area contributed by atoms with Gasteiger partial charge in [0.15, 0.2) is 5.65 Å². The van der Waals surface area contributed by atoms with Gasteiger partial charge in [-0.3, -0.25) is 4.79 Å². The first-order valence-corrected chi connectivity index (χ1v) is 12.7. The predicted octanol–water partition coefficient (Wildman–Crippen LogP) is 5.09. The molecule has 1 saturated heterocycles. The molecule has 184 valence electrons. The number of aliphatic hydroxyl groups excluding tert-OH is 1. The van der Waals surface area contributed by atoms with E-state index in [2.05, 4.69) is 61.2 Å². The number of carbonyl (C=O) groups excluding carboxylic acids is 1. The van der Waals surface area contributed by atoms with Gasteiger partial charge in [0.1, 0.15) is 5.82 Å². The van der Waals surface area contributed by atoms with Gasteiger partial charge >= 0.3 is 0 Å². The SMILES string of the molecule is Cc1nc2c(-c3[nH]c4ccc(C5CCN(C(=O)C[C@H](C)O)CC5)cc4c3C(C)C)ccc(C)n2n1. The third kappa shape index (κ3) is 4.33. The maximum Gasteiger partial charge on any atom is 0.225 e. The number of rotatable bonds is 5. The number of hydrogen-bond acceptors (Lipinski definition) is 4. The Morgan fingerprint density at radius 3 is 2.57 bits per heavy atom. The Morgan fingerprint density at radius 1 is 1.14 bits per heavy atom. The zero-order valence-corrected chi connectivity index (χ0v) is 21.3. The molecule has 35 heavy (non-hydrogen) atoms. The summed E-state index contributed by atoms with van der Waals surface area (Å²) in [7, 11) is 0. The van der Waals surface area contributed by atoms with E-state index in [0.717, 1.165) is 59.9 Å². The molecule has 0 unspecified atom stereocenters. The molecule has 7 nitrogen and oxygen atoms in total. The Morgan fingerprint density at radius 2 is 1.89 bits per heavy atom. The molecule has 7 heteroatoms. The summed E-state index contributed by atoms with van der Waals surface area (Å²) >= 11 is 0. The van der Waals surface area contributed by atoms with E-state index >= 15 is 0 Å². The van der Waals surface area contributed by atoms with Crippen LogP contribution in [0.2, 0.25) is 0 Å². The second-order valence-electron chi connectivity index (χ2n) is 10.4. The summed E-state index contributed by atoms with van der Waals surface area (Å²) in [5.74, 6) is 1.58. The van der Waals surface area contributed by atoms with Crippen molar-refractivity contribution in [2.24, 2.45) is 0 Å². The molecular weight excluding hydrogens is 438 g/mol. The summed E-state index contributed by atoms with van der Waals surface area (Å²) in [4.78, 5) is 22.7. The van der Waals surface area contributed by atoms with Crippen LogP contribution in [0.5, 0.6) is 0 Å². The Hall–Kier alpha value is -3.19. The van der Waals surface area contributed by atoms with Crippen LogP contribution in [0.25, 0.3) is 27.8 Å². The molecule has 4 heterocycles. The van der Waals surface area contributed by atoms with Gasteiger partial charge in [-0.2, -0.15) is 5.10 Å². The van der Waals surface area contributed by atoms with Gasteiger partial charge in [-0.1, -0.05) is 19.9 Å². The number of aromatic nitrogens is 4. The minimum Gasteiger partial charge on any atom is -0.393 e. The topological polar surface area (TPSA) is 86.5 Å². The van der Waals surface area contributed by atoms with E-state index in [-0.39, 0.29) is 12.3 Å². The van der Waals surface area contributed by atoms with Crippen LogP contribution in [-0.4, -0.2) is 54.7 Å². The number of nitrogens with one attached hydrogen (secondary N) is 1. The zero-order valence-electron chi connectivity index (χ0n) is 21.3. The standard InChI is InChI=1S/C28H35N5O2/c1-16(2)26-23-15-21(20-10-12-32(13-11-20)25(35)14-18(4)34)7-9-24(23)30-27(26)22-8-6-17(3)33-28(22)29-19(5)31-33/h6-9,15-16,18,20,30,34H,10-14H2,1-5H3/t18-/m0/s1. The largest absolute Gasteiger partial charge is 0.393 e. The second-order valence-corrected chi connectivity index (χ2v) is 10.4. The fraction of sp³-hybridized carbons (Fsp3) is 0.464. The van der Waals surface area contributed by atoms with E-state index in [1.165, 1.54) is 16.5 Å². The molecule has 1 aliphatic heterocycles. The molecule has 1 aliphatic rings. The average molecular weight is 474 g/mol. The zero-order chi connectivity index (χ0) is 24.9. The number of piperidine rings is 1. The van der Waals surface area contributed by atoms with Crippen molar-refractivity contribution in [2.45, 2.75) is 71.8 Å². The third-order valence-corrected chi connectivity index (χ3v) is 7.28. The molecule has 1 atom stereocenters. The van der Waals surface area contributed by atoms with Crippen LogP contribution in [0.15, 0.2) is 30.3 Å². The van der Waals surface area contributed by atoms with E-state index in [0.29, 0.717) is 11.8 Å². The summed E-state index contributed by atoms with van der Waals surface area (Å²) in [6.07, 6.45) is 1.51. The molecule has 0 bridgehead atoms. The maximum absolute atomic E-state index is 12.3. The summed E-state index contributed by atoms with van der Waals surface area (Å²) in [5, 5.41) is 15.4. The highest BCUT2D eigenvalue weighted by molar-refractivity contribution is 5.94. The predicted molar refractivity (Wildman–Crippen MR) is 139 cm³/mol. The third-order valence-electron chi connectivity index (χ3n) is 7.28. The first kappa shape index (κ1) is 23.5. The highest BCUT2D eigenvalue weighted by Gasteiger charge is 2.26. The van der Waals surface area contributed by atoms with Crippen molar-refractivity contribution >= 4 is 22.5 Å². The highest BCUT2D eigenvalue weighted by Crippen LogP contribution is 2.39. The molecule has 4 aromatic rings. The van der Waals surface area contributed by atoms with Crippen molar-refractivity contribution in [1.29, 1.82) is 0 Å². The number of aliphatic hydroxyl groups is 1. The van der Waals surface area contributed by atoms with E-state index in [4.69, 9.17) is 4.98 Å². The van der Waals surface area contributed by atoms with E-state index in [1.807, 2.05) is 16.3 Å². The normalized spacial score (nSPS) is 16.0. The van der Waals surface area contributed by atoms with Crippen molar-refractivity contribution in [3.05, 3.63) is 53.0 Å². The lowest BCUT2D eigenvalue weighted by Crippen LogP contribution is -2.39. The molecule has 0 spiro atoms. The van der Waals surface area contributed by atoms with Gasteiger partial charge in [-0.05, 0) is 80.8 Å². The maximum atomic E-state index is 12.3. The van der Waals surface area contributed by atoms with Gasteiger partial charge in [0.25, 0.3) is 0 Å². The van der Waals surface area contributed by atoms with Gasteiger partial charge in [0.2, 0.25) is 5.91 Å². The van der Waals surface area contributed by atoms with Crippen molar-refractivity contribution in [3.8, 4) is 11.3 Å². The number of aromatic amines is 1. The molecular formula is C28H35N5O2. The number of H-pyrrole nitrogens is 1. The molecule has 1 amide bonds. The van der Waals surface area contributed by atoms with Crippen molar-refractivity contribution < 1.29 is 9.90 Å². The van der Waals surface area contributed by atoms with Crippen molar-refractivity contribution in [2.75, 3.05) is 13.1 Å². The second kappa shape index (κ2) is 9.11. The lowest BCUT2D eigenvalue weighted by molar-refractivity contribution is -0.134. The summed E-state index contributed by atoms with van der Waals surface area (Å²) in [5.41, 5.74) is 7.90. The van der Waals surface area contributed by atoms with Crippen LogP contribution in [0.4, 0.5) is 0 Å². The number of nitrogens with zero attached hydrogens (tertiary/aromatic N) is 4. The Kier molecular flexibility index (Phi) is 6.13. The van der Waals surface area contributed by atoms with Crippen molar-refractivity contribution in [1.82, 2.24) is 24.5 Å². The molecule has 3 aromatic heterocycles. The van der Waals surface area contributed by atoms with Crippen LogP contribution in [0.3, 0.4) is 0 Å². The van der Waals surface area contributed by atoms with E-state index in [9.17, 15) is 9.90 Å². The molecule has 0 saturated carbocycles. The Bertz CT molecular complexity index is 1390. The fourth-order valence-electron chi connectivity index (χ4n) is 5.52. The fourth-order valence-corrected chi connectivity index (χ4v) is 5.52. The highest BCUT2D eigenvalue weighted by atomic mass is 16.3. The first-order valence-electron chi connectivity index (χ1n) is 12.7. The van der Waals surface area contributed by atoms with Crippen LogP contribution >= 0.6 is 0 Å². The van der Waals surface area contributed by atoms with Gasteiger partial charge in [0.05, 0.1) is 18.2 Å². The number of likely N-dealkylation sites (tertiary alicyclic amines) is 1. The van der Waals surface area contributed by atoms with Crippen LogP contribution in [0, 0.1) is 13.8 Å². The molecule has 1 fully saturated rings. The number of benzene rings is 1. The lowest BCUT2D eigenvalue weighted by atomic mass is 9.87. The molecule has 0 radical (unpaired) electrons. The number of aryl methyl sites for hydroxylation is 2. The Balaban J connectivity index is 1.50. The summed E-state index contributed by atoms with van der Waals surface area (Å²) < 4.78 is 1.93. The Labute approximate surface area is 206 Å². The molecule has 1 aromatic carbocycles. The van der Waals surface area contributed by atoms with Crippen LogP contribution < -0.4 is 0 Å². The van der Waals surface area contributed by atoms with Crippen LogP contribution in [0.1, 0.15) is 74.5 Å². The number of fused-ring (bicyclic) bond motifs is 2. The van der Waals surface area contributed by atoms with Gasteiger partial charge in [-0.15, -0.1) is 0 Å². The minimum absolute atomic E-state index is 0.0550. The number of amides is 1. The number of pyridine rings is 1. The first-order chi connectivity index (χ1) is 16.7. The van der Waals surface area contributed by atoms with E-state index in [1.54, 1.807) is 6.92 Å². The van der Waals surface area contributed by atoms with Gasteiger partial charge < -0.3 is 15.0 Å². The quantitative estimate of drug-likeness (QED) is 0.422. The summed E-state index contributed by atoms with van der Waals surface area (Å²) in [6.45, 7) is 11.6. The molecule has 0 aliphatic carbocycles. The monoisotopic (exact) mass is 473 g/mol. The summed E-state index contributed by atoms with van der Waals surface area (Å²) in [6, 6.07) is 11.0. The average Bonchev–Trinajstić information content (AvgIpc) is 3.39. The van der Waals surface area contributed by atoms with Gasteiger partial charge in [-0.25, -0.2) is 9.50 Å². The number of hydrogen-bond donors (Lipinski definition) is 2. The number of carbonyl (C=O) groups is 1. The minimum atomic E-state index is -0.587. The van der Waals surface area contributed by atoms with E-state index < -0.39 is 6.10 Å². The molecule has 5 rings (SSSR count). The van der Waals surface area contributed by atoms with Gasteiger partial charge in [0, 0.05) is 35.2 Å². The smallest absolute Gasteiger partial charge is 0.225 e. The molecule has 2 N–H and O–H groups in total. The van der Waals surface area contributed by atoms with Crippen molar-refractivity contribution in [3.63, 3.8) is 0 Å². The van der Waals surface area contributed by atoms with Crippen LogP contribution in [-0.2, 0) is 4.79 Å². The lowest BCUT2D eigenvalue weighted by Gasteiger charge is -2.32.